The molecule has 150 valence electrons. The second-order valence-corrected chi connectivity index (χ2v) is 5.72. The monoisotopic (exact) mass is 397 g/mol. The highest BCUT2D eigenvalue weighted by Crippen LogP contribution is 2.34. The van der Waals surface area contributed by atoms with E-state index in [0.717, 1.165) is 6.07 Å². The van der Waals surface area contributed by atoms with Crippen LogP contribution in [-0.2, 0) is 4.79 Å². The number of rotatable bonds is 6. The van der Waals surface area contributed by atoms with Crippen LogP contribution >= 0.6 is 0 Å². The molecular weight excluding hydrogens is 378 g/mol. The first-order valence-corrected chi connectivity index (χ1v) is 8.40. The fourth-order valence-electron chi connectivity index (χ4n) is 2.41. The number of nitro benzene ring substituents is 1. The SMILES string of the molecule is COc1cc(C(=O)NCC#Cc2ccc(NC(C)=O)cc2)c([N+](=O)[O-])cc1OC. The van der Waals surface area contributed by atoms with E-state index in [2.05, 4.69) is 22.5 Å². The highest BCUT2D eigenvalue weighted by Gasteiger charge is 2.24. The Kier molecular flexibility index (Phi) is 7.14. The van der Waals surface area contributed by atoms with Crippen molar-refractivity contribution in [1.82, 2.24) is 5.32 Å². The first-order valence-electron chi connectivity index (χ1n) is 8.40. The van der Waals surface area contributed by atoms with Crippen LogP contribution in [0.5, 0.6) is 11.5 Å². The zero-order valence-electron chi connectivity index (χ0n) is 16.1. The Morgan fingerprint density at radius 1 is 1.10 bits per heavy atom. The molecule has 2 N–H and O–H groups in total. The fourth-order valence-corrected chi connectivity index (χ4v) is 2.41. The number of hydrogen-bond donors (Lipinski definition) is 2. The summed E-state index contributed by atoms with van der Waals surface area (Å²) in [6.07, 6.45) is 0. The zero-order valence-corrected chi connectivity index (χ0v) is 16.1. The Balaban J connectivity index is 2.09. The molecule has 0 radical (unpaired) electrons. The van der Waals surface area contributed by atoms with Gasteiger partial charge >= 0.3 is 0 Å². The molecule has 0 saturated heterocycles. The Bertz CT molecular complexity index is 990. The number of ether oxygens (including phenoxy) is 2. The van der Waals surface area contributed by atoms with Gasteiger partial charge in [-0.1, -0.05) is 11.8 Å². The van der Waals surface area contributed by atoms with Crippen molar-refractivity contribution in [2.75, 3.05) is 26.1 Å². The van der Waals surface area contributed by atoms with Crippen LogP contribution in [0.3, 0.4) is 0 Å². The van der Waals surface area contributed by atoms with Gasteiger partial charge in [0.05, 0.1) is 31.8 Å². The van der Waals surface area contributed by atoms with Gasteiger partial charge in [0.25, 0.3) is 11.6 Å². The zero-order chi connectivity index (χ0) is 21.4. The number of carbonyl (C=O) groups excluding carboxylic acids is 2. The van der Waals surface area contributed by atoms with Gasteiger partial charge in [-0.05, 0) is 24.3 Å². The predicted molar refractivity (Wildman–Crippen MR) is 106 cm³/mol. The Morgan fingerprint density at radius 3 is 2.28 bits per heavy atom. The van der Waals surface area contributed by atoms with Gasteiger partial charge in [-0.2, -0.15) is 0 Å². The third-order valence-electron chi connectivity index (χ3n) is 3.72. The summed E-state index contributed by atoms with van der Waals surface area (Å²) in [6, 6.07) is 9.24. The van der Waals surface area contributed by atoms with Crippen LogP contribution in [0.4, 0.5) is 11.4 Å². The van der Waals surface area contributed by atoms with E-state index in [1.54, 1.807) is 24.3 Å². The second kappa shape index (κ2) is 9.75. The molecule has 0 spiro atoms. The van der Waals surface area contributed by atoms with Gasteiger partial charge in [-0.25, -0.2) is 0 Å². The number of nitrogens with one attached hydrogen (secondary N) is 2. The molecule has 0 aromatic heterocycles. The lowest BCUT2D eigenvalue weighted by atomic mass is 10.1. The molecule has 29 heavy (non-hydrogen) atoms. The number of benzene rings is 2. The Labute approximate surface area is 167 Å². The van der Waals surface area contributed by atoms with E-state index in [-0.39, 0.29) is 29.5 Å². The van der Waals surface area contributed by atoms with Crippen molar-refractivity contribution in [3.8, 4) is 23.3 Å². The molecule has 0 bridgehead atoms. The highest BCUT2D eigenvalue weighted by molar-refractivity contribution is 5.99. The number of anilines is 1. The summed E-state index contributed by atoms with van der Waals surface area (Å²) < 4.78 is 10.1. The predicted octanol–water partition coefficient (Wildman–Crippen LogP) is 2.35. The van der Waals surface area contributed by atoms with Crippen molar-refractivity contribution in [2.24, 2.45) is 0 Å². The second-order valence-electron chi connectivity index (χ2n) is 5.72. The Hall–Kier alpha value is -4.06. The van der Waals surface area contributed by atoms with Crippen molar-refractivity contribution in [1.29, 1.82) is 0 Å². The van der Waals surface area contributed by atoms with Crippen molar-refractivity contribution in [2.45, 2.75) is 6.92 Å². The molecule has 0 unspecified atom stereocenters. The topological polar surface area (TPSA) is 120 Å². The van der Waals surface area contributed by atoms with E-state index < -0.39 is 16.5 Å². The summed E-state index contributed by atoms with van der Waals surface area (Å²) >= 11 is 0. The molecular formula is C20H19N3O6. The van der Waals surface area contributed by atoms with Gasteiger partial charge in [-0.15, -0.1) is 0 Å². The molecule has 9 nitrogen and oxygen atoms in total. The molecule has 2 aromatic carbocycles. The van der Waals surface area contributed by atoms with Crippen LogP contribution in [-0.4, -0.2) is 37.5 Å². The summed E-state index contributed by atoms with van der Waals surface area (Å²) in [6.45, 7) is 1.40. The van der Waals surface area contributed by atoms with Gasteiger partial charge in [-0.3, -0.25) is 19.7 Å². The summed E-state index contributed by atoms with van der Waals surface area (Å²) in [7, 11) is 2.72. The maximum Gasteiger partial charge on any atom is 0.286 e. The van der Waals surface area contributed by atoms with E-state index in [4.69, 9.17) is 9.47 Å². The normalized spacial score (nSPS) is 9.62. The molecule has 0 aliphatic carbocycles. The van der Waals surface area contributed by atoms with Gasteiger partial charge < -0.3 is 20.1 Å². The quantitative estimate of drug-likeness (QED) is 0.439. The summed E-state index contributed by atoms with van der Waals surface area (Å²) in [5, 5.41) is 16.4. The van der Waals surface area contributed by atoms with Crippen LogP contribution in [0, 0.1) is 22.0 Å². The number of carbonyl (C=O) groups is 2. The molecule has 0 fully saturated rings. The minimum atomic E-state index is -0.667. The van der Waals surface area contributed by atoms with Crippen molar-refractivity contribution >= 4 is 23.2 Å². The van der Waals surface area contributed by atoms with E-state index in [1.165, 1.54) is 27.2 Å². The molecule has 2 amide bonds. The summed E-state index contributed by atoms with van der Waals surface area (Å²) in [5.74, 6) is 5.15. The third-order valence-corrected chi connectivity index (χ3v) is 3.72. The maximum atomic E-state index is 12.4. The van der Waals surface area contributed by atoms with E-state index in [9.17, 15) is 19.7 Å². The largest absolute Gasteiger partial charge is 0.493 e. The van der Waals surface area contributed by atoms with Crippen LogP contribution in [0.2, 0.25) is 0 Å². The molecule has 0 atom stereocenters. The third kappa shape index (κ3) is 5.71. The smallest absolute Gasteiger partial charge is 0.286 e. The molecule has 0 aliphatic rings. The first kappa shape index (κ1) is 21.2. The average molecular weight is 397 g/mol. The molecule has 0 aliphatic heterocycles. The highest BCUT2D eigenvalue weighted by atomic mass is 16.6. The summed E-state index contributed by atoms with van der Waals surface area (Å²) in [4.78, 5) is 34.0. The van der Waals surface area contributed by atoms with Gasteiger partial charge in [0, 0.05) is 24.2 Å². The maximum absolute atomic E-state index is 12.4. The number of methoxy groups -OCH3 is 2. The number of nitrogens with zero attached hydrogens (tertiary/aromatic N) is 1. The van der Waals surface area contributed by atoms with Crippen molar-refractivity contribution in [3.05, 3.63) is 57.6 Å². The molecule has 0 saturated carbocycles. The fraction of sp³-hybridized carbons (Fsp3) is 0.200. The lowest BCUT2D eigenvalue weighted by molar-refractivity contribution is -0.385. The van der Waals surface area contributed by atoms with Crippen molar-refractivity contribution < 1.29 is 24.0 Å². The Morgan fingerprint density at radius 2 is 1.72 bits per heavy atom. The summed E-state index contributed by atoms with van der Waals surface area (Å²) in [5.41, 5.74) is 0.776. The van der Waals surface area contributed by atoms with Crippen LogP contribution in [0.1, 0.15) is 22.8 Å². The van der Waals surface area contributed by atoms with E-state index in [1.807, 2.05) is 0 Å². The molecule has 2 rings (SSSR count). The molecule has 2 aromatic rings. The number of amides is 2. The lowest BCUT2D eigenvalue weighted by Gasteiger charge is -2.10. The van der Waals surface area contributed by atoms with E-state index >= 15 is 0 Å². The minimum absolute atomic E-state index is 0.0161. The number of hydrogen-bond acceptors (Lipinski definition) is 6. The lowest BCUT2D eigenvalue weighted by Crippen LogP contribution is -2.24. The number of nitro groups is 1. The minimum Gasteiger partial charge on any atom is -0.493 e. The van der Waals surface area contributed by atoms with Gasteiger partial charge in [0.15, 0.2) is 11.5 Å². The molecule has 9 heteroatoms. The van der Waals surface area contributed by atoms with Crippen LogP contribution in [0.15, 0.2) is 36.4 Å². The van der Waals surface area contributed by atoms with Gasteiger partial charge in [0.1, 0.15) is 5.56 Å². The van der Waals surface area contributed by atoms with Crippen molar-refractivity contribution in [3.63, 3.8) is 0 Å². The van der Waals surface area contributed by atoms with Crippen LogP contribution < -0.4 is 20.1 Å². The standard InChI is InChI=1S/C20H19N3O6/c1-13(24)22-15-8-6-14(7-9-15)5-4-10-21-20(25)16-11-18(28-2)19(29-3)12-17(16)23(26)27/h6-9,11-12H,10H2,1-3H3,(H,21,25)(H,22,24). The van der Waals surface area contributed by atoms with E-state index in [0.29, 0.717) is 11.3 Å². The van der Waals surface area contributed by atoms with Crippen LogP contribution in [0.25, 0.3) is 0 Å². The first-order chi connectivity index (χ1) is 13.8. The van der Waals surface area contributed by atoms with Gasteiger partial charge in [0.2, 0.25) is 5.91 Å². The average Bonchev–Trinajstić information content (AvgIpc) is 2.70. The molecule has 0 heterocycles.